The molecule has 0 bridgehead atoms. The van der Waals surface area contributed by atoms with Crippen molar-refractivity contribution in [2.24, 2.45) is 11.8 Å². The zero-order valence-electron chi connectivity index (χ0n) is 14.6. The summed E-state index contributed by atoms with van der Waals surface area (Å²) >= 11 is 0. The molecule has 0 aromatic rings. The standard InChI is InChI=1S/2C4H10.2C3H8.CH4/c2*1-4(2)3;2*1-3-2;/h2*4H,1-3H3;2*3H2,1-2H3;1H4/i;;;;1D. The SMILES string of the molecule is CC(C)C.CC(C)C.CCC.CCC.[2H]C. The first-order chi connectivity index (χ1) is 7.29. The third-order valence-electron chi connectivity index (χ3n) is 0. The third kappa shape index (κ3) is 0. The predicted molar refractivity (Wildman–Crippen MR) is 79.7 cm³/mol. The van der Waals surface area contributed by atoms with Crippen LogP contribution < -0.4 is 0 Å². The van der Waals surface area contributed by atoms with Crippen LogP contribution in [-0.2, 0) is 0 Å². The first kappa shape index (κ1) is 24.3. The van der Waals surface area contributed by atoms with Crippen LogP contribution in [0.2, 0.25) is 0 Å². The maximum Gasteiger partial charge on any atom is 0.0194 e. The summed E-state index contributed by atoms with van der Waals surface area (Å²) in [7, 11) is 1.25. The lowest BCUT2D eigenvalue weighted by molar-refractivity contribution is 0.736. The van der Waals surface area contributed by atoms with Crippen LogP contribution in [0.5, 0.6) is 0 Å². The molecule has 0 unspecified atom stereocenters. The van der Waals surface area contributed by atoms with E-state index in [-0.39, 0.29) is 0 Å². The van der Waals surface area contributed by atoms with Crippen LogP contribution in [0.1, 0.15) is 90.9 Å². The molecule has 0 aromatic carbocycles. The fraction of sp³-hybridized carbons (Fsp3) is 1.00. The van der Waals surface area contributed by atoms with E-state index in [1.807, 2.05) is 0 Å². The van der Waals surface area contributed by atoms with Crippen molar-refractivity contribution in [2.45, 2.75) is 89.5 Å². The van der Waals surface area contributed by atoms with Crippen molar-refractivity contribution in [1.82, 2.24) is 0 Å². The van der Waals surface area contributed by atoms with E-state index in [9.17, 15) is 0 Å². The Hall–Kier alpha value is 0. The Morgan fingerprint density at radius 1 is 0.667 bits per heavy atom. The quantitative estimate of drug-likeness (QED) is 0.422. The lowest BCUT2D eigenvalue weighted by Gasteiger charge is -1.79. The van der Waals surface area contributed by atoms with Gasteiger partial charge in [-0.3, -0.25) is 0 Å². The molecule has 0 heteroatoms. The Balaban J connectivity index is -0.0000000322. The van der Waals surface area contributed by atoms with Gasteiger partial charge in [-0.25, -0.2) is 0 Å². The predicted octanol–water partition coefficient (Wildman–Crippen LogP) is 6.79. The molecule has 15 heavy (non-hydrogen) atoms. The molecular weight excluding hydrogens is 180 g/mol. The zero-order chi connectivity index (χ0) is 14.6. The second kappa shape index (κ2) is 37.0. The van der Waals surface area contributed by atoms with Gasteiger partial charge in [-0.05, 0) is 11.8 Å². The third-order valence-corrected chi connectivity index (χ3v) is 0. The van der Waals surface area contributed by atoms with Gasteiger partial charge in [0.2, 0.25) is 0 Å². The van der Waals surface area contributed by atoms with Crippen LogP contribution in [0.3, 0.4) is 0 Å². The highest BCUT2D eigenvalue weighted by Crippen LogP contribution is 1.81. The second-order valence-electron chi connectivity index (χ2n) is 4.88. The van der Waals surface area contributed by atoms with Crippen LogP contribution in [0.15, 0.2) is 0 Å². The van der Waals surface area contributed by atoms with E-state index < -0.39 is 0 Å². The minimum absolute atomic E-state index is 0.833. The van der Waals surface area contributed by atoms with Gasteiger partial charge in [0, 0.05) is 1.37 Å². The maximum atomic E-state index is 5.75. The Morgan fingerprint density at radius 2 is 0.667 bits per heavy atom. The summed E-state index contributed by atoms with van der Waals surface area (Å²) in [5.74, 6) is 1.67. The van der Waals surface area contributed by atoms with Gasteiger partial charge in [0.1, 0.15) is 0 Å². The van der Waals surface area contributed by atoms with Crippen molar-refractivity contribution in [1.29, 1.82) is 0 Å². The van der Waals surface area contributed by atoms with Crippen molar-refractivity contribution in [3.8, 4) is 0 Å². The Labute approximate surface area is 103 Å². The molecule has 0 N–H and O–H groups in total. The average molecular weight is 221 g/mol. The van der Waals surface area contributed by atoms with Crippen LogP contribution in [0.25, 0.3) is 0 Å². The topological polar surface area (TPSA) is 0 Å². The van der Waals surface area contributed by atoms with Crippen molar-refractivity contribution in [3.05, 3.63) is 0 Å². The van der Waals surface area contributed by atoms with E-state index in [0.717, 1.165) is 11.8 Å². The fourth-order valence-corrected chi connectivity index (χ4v) is 0. The van der Waals surface area contributed by atoms with E-state index in [2.05, 4.69) is 69.2 Å². The van der Waals surface area contributed by atoms with Crippen molar-refractivity contribution >= 4 is 0 Å². The van der Waals surface area contributed by atoms with Gasteiger partial charge in [-0.2, -0.15) is 0 Å². The summed E-state index contributed by atoms with van der Waals surface area (Å²) in [4.78, 5) is 0. The molecule has 100 valence electrons. The summed E-state index contributed by atoms with van der Waals surface area (Å²) in [6, 6.07) is 0. The van der Waals surface area contributed by atoms with Gasteiger partial charge in [0.25, 0.3) is 0 Å². The summed E-state index contributed by atoms with van der Waals surface area (Å²) in [5, 5.41) is 0. The minimum atomic E-state index is 0.833. The number of hydrogen-bond donors (Lipinski definition) is 0. The smallest absolute Gasteiger partial charge is 0.0194 e. The van der Waals surface area contributed by atoms with Gasteiger partial charge in [0.15, 0.2) is 0 Å². The first-order valence-electron chi connectivity index (χ1n) is 7.29. The normalized spacial score (nSPS) is 7.67. The van der Waals surface area contributed by atoms with Crippen LogP contribution in [0, 0.1) is 11.8 Å². The van der Waals surface area contributed by atoms with Gasteiger partial charge in [-0.15, -0.1) is 0 Å². The maximum absolute atomic E-state index is 5.75. The van der Waals surface area contributed by atoms with Crippen molar-refractivity contribution in [3.63, 3.8) is 0 Å². The van der Waals surface area contributed by atoms with E-state index in [0.29, 0.717) is 0 Å². The minimum Gasteiger partial charge on any atom is -0.0776 e. The summed E-state index contributed by atoms with van der Waals surface area (Å²) in [5.41, 5.74) is 0. The second-order valence-corrected chi connectivity index (χ2v) is 4.88. The molecule has 0 atom stereocenters. The Bertz CT molecular complexity index is 35.9. The zero-order valence-corrected chi connectivity index (χ0v) is 13.6. The van der Waals surface area contributed by atoms with E-state index in [4.69, 9.17) is 1.37 Å². The highest BCUT2D eigenvalue weighted by atomic mass is 13.7. The molecule has 0 aliphatic heterocycles. The molecule has 0 saturated heterocycles. The Morgan fingerprint density at radius 3 is 0.667 bits per heavy atom. The molecule has 0 fully saturated rings. The molecule has 0 spiro atoms. The summed E-state index contributed by atoms with van der Waals surface area (Å²) in [6.45, 7) is 21.5. The molecule has 0 heterocycles. The highest BCUT2D eigenvalue weighted by Gasteiger charge is 1.68. The largest absolute Gasteiger partial charge is 0.0776 e. The molecule has 0 aliphatic carbocycles. The molecule has 0 rings (SSSR count). The van der Waals surface area contributed by atoms with E-state index in [1.165, 1.54) is 20.2 Å². The molecular formula is C15H40. The van der Waals surface area contributed by atoms with Crippen LogP contribution in [-0.4, -0.2) is 0 Å². The van der Waals surface area contributed by atoms with Gasteiger partial charge in [-0.1, -0.05) is 89.5 Å². The van der Waals surface area contributed by atoms with Gasteiger partial charge >= 0.3 is 0 Å². The lowest BCUT2D eigenvalue weighted by atomic mass is 10.3. The van der Waals surface area contributed by atoms with Gasteiger partial charge < -0.3 is 0 Å². The van der Waals surface area contributed by atoms with Gasteiger partial charge in [0.05, 0.1) is 0 Å². The van der Waals surface area contributed by atoms with Crippen LogP contribution in [0.4, 0.5) is 0 Å². The van der Waals surface area contributed by atoms with Crippen molar-refractivity contribution in [2.75, 3.05) is 0 Å². The summed E-state index contributed by atoms with van der Waals surface area (Å²) in [6.07, 6.45) is 2.50. The molecule has 0 saturated carbocycles. The highest BCUT2D eigenvalue weighted by molar-refractivity contribution is 4.21. The number of hydrogen-bond acceptors (Lipinski definition) is 0. The average Bonchev–Trinajstić information content (AvgIpc) is 2.07. The monoisotopic (exact) mass is 221 g/mol. The van der Waals surface area contributed by atoms with E-state index >= 15 is 0 Å². The van der Waals surface area contributed by atoms with Crippen molar-refractivity contribution < 1.29 is 1.37 Å². The lowest BCUT2D eigenvalue weighted by Crippen LogP contribution is -1.66. The van der Waals surface area contributed by atoms with E-state index in [1.54, 1.807) is 0 Å². The molecule has 0 nitrogen and oxygen atoms in total. The Kier molecular flexibility index (Phi) is 59.9. The molecule has 0 radical (unpaired) electrons. The van der Waals surface area contributed by atoms with Crippen LogP contribution >= 0.6 is 0 Å². The first-order valence-corrected chi connectivity index (χ1v) is 6.29. The molecule has 0 aromatic heterocycles. The summed E-state index contributed by atoms with van der Waals surface area (Å²) < 4.78 is 5.75. The fourth-order valence-electron chi connectivity index (χ4n) is 0. The molecule has 0 amide bonds. The number of rotatable bonds is 0. The molecule has 0 aliphatic rings.